The highest BCUT2D eigenvalue weighted by Crippen LogP contribution is 2.12. The molecule has 12 heteroatoms. The number of hydrogen-bond acceptors (Lipinski definition) is 7. The maximum atomic E-state index is 13.1. The maximum Gasteiger partial charge on any atom is 0.243 e. The first-order valence-corrected chi connectivity index (χ1v) is 13.9. The van der Waals surface area contributed by atoms with Crippen LogP contribution < -0.4 is 32.3 Å². The zero-order valence-corrected chi connectivity index (χ0v) is 24.5. The predicted molar refractivity (Wildman–Crippen MR) is 158 cm³/mol. The van der Waals surface area contributed by atoms with Crippen LogP contribution in [0.3, 0.4) is 0 Å². The van der Waals surface area contributed by atoms with Crippen molar-refractivity contribution in [2.24, 2.45) is 11.7 Å². The monoisotopic (exact) mass is 582 g/mol. The van der Waals surface area contributed by atoms with E-state index in [2.05, 4.69) is 26.6 Å². The molecule has 12 nitrogen and oxygen atoms in total. The number of phenolic OH excluding ortho intramolecular Hbond substituents is 1. The van der Waals surface area contributed by atoms with E-state index in [-0.39, 0.29) is 18.1 Å². The first kappa shape index (κ1) is 33.8. The molecule has 228 valence electrons. The molecule has 0 aromatic heterocycles. The van der Waals surface area contributed by atoms with E-state index in [1.807, 2.05) is 19.9 Å². The van der Waals surface area contributed by atoms with Gasteiger partial charge in [0.2, 0.25) is 29.5 Å². The number of amides is 5. The Morgan fingerprint density at radius 3 is 1.88 bits per heavy atom. The van der Waals surface area contributed by atoms with Crippen LogP contribution in [0.25, 0.3) is 0 Å². The van der Waals surface area contributed by atoms with Crippen molar-refractivity contribution in [1.82, 2.24) is 26.6 Å². The molecule has 2 aromatic rings. The van der Waals surface area contributed by atoms with E-state index in [1.165, 1.54) is 19.1 Å². The Labute approximate surface area is 246 Å². The van der Waals surface area contributed by atoms with E-state index in [0.717, 1.165) is 11.1 Å². The fraction of sp³-hybridized carbons (Fsp3) is 0.433. The van der Waals surface area contributed by atoms with Gasteiger partial charge in [-0.05, 0) is 56.0 Å². The van der Waals surface area contributed by atoms with Crippen molar-refractivity contribution in [2.75, 3.05) is 13.6 Å². The minimum absolute atomic E-state index is 0.0962. The van der Waals surface area contributed by atoms with Gasteiger partial charge in [0.25, 0.3) is 0 Å². The maximum absolute atomic E-state index is 13.1. The molecule has 8 N–H and O–H groups in total. The summed E-state index contributed by atoms with van der Waals surface area (Å²) in [5, 5.41) is 22.7. The first-order valence-electron chi connectivity index (χ1n) is 13.9. The van der Waals surface area contributed by atoms with Crippen molar-refractivity contribution < 1.29 is 29.1 Å². The van der Waals surface area contributed by atoms with Gasteiger partial charge < -0.3 is 37.4 Å². The summed E-state index contributed by atoms with van der Waals surface area (Å²) in [7, 11) is 1.62. The molecule has 0 bridgehead atoms. The average molecular weight is 583 g/mol. The van der Waals surface area contributed by atoms with Gasteiger partial charge in [-0.3, -0.25) is 24.0 Å². The minimum Gasteiger partial charge on any atom is -0.508 e. The molecule has 0 aliphatic heterocycles. The molecule has 2 aromatic carbocycles. The summed E-state index contributed by atoms with van der Waals surface area (Å²) in [4.78, 5) is 63.1. The lowest BCUT2D eigenvalue weighted by atomic mass is 10.0. The third-order valence-corrected chi connectivity index (χ3v) is 6.52. The van der Waals surface area contributed by atoms with Crippen LogP contribution in [0.2, 0.25) is 0 Å². The fourth-order valence-corrected chi connectivity index (χ4v) is 4.19. The number of carbonyl (C=O) groups excluding carboxylic acids is 5. The lowest BCUT2D eigenvalue weighted by Gasteiger charge is -2.23. The molecule has 42 heavy (non-hydrogen) atoms. The van der Waals surface area contributed by atoms with Gasteiger partial charge in [0, 0.05) is 6.42 Å². The SMILES string of the molecule is CN[C@@H](Cc1ccc(O)cc1)C(=O)N[C@H](C)C(=O)NCC(=O)N[C@@H](Cc1ccccc1)C(=O)N[C@@H](CC(C)C)C(N)=O. The Morgan fingerprint density at radius 1 is 0.738 bits per heavy atom. The van der Waals surface area contributed by atoms with Gasteiger partial charge in [0.05, 0.1) is 12.6 Å². The summed E-state index contributed by atoms with van der Waals surface area (Å²) >= 11 is 0. The van der Waals surface area contributed by atoms with Crippen LogP contribution in [-0.4, -0.2) is 72.4 Å². The zero-order valence-electron chi connectivity index (χ0n) is 24.5. The molecule has 0 saturated carbocycles. The number of benzene rings is 2. The van der Waals surface area contributed by atoms with Crippen molar-refractivity contribution in [2.45, 2.75) is 64.2 Å². The molecule has 0 aliphatic carbocycles. The number of phenols is 1. The molecule has 0 unspecified atom stereocenters. The van der Waals surface area contributed by atoms with E-state index in [0.29, 0.717) is 12.8 Å². The van der Waals surface area contributed by atoms with E-state index in [9.17, 15) is 29.1 Å². The lowest BCUT2D eigenvalue weighted by molar-refractivity contribution is -0.132. The van der Waals surface area contributed by atoms with Crippen molar-refractivity contribution in [3.05, 3.63) is 65.7 Å². The van der Waals surface area contributed by atoms with Gasteiger partial charge in [-0.1, -0.05) is 56.3 Å². The number of aromatic hydroxyl groups is 1. The minimum atomic E-state index is -1.03. The van der Waals surface area contributed by atoms with E-state index >= 15 is 0 Å². The standard InChI is InChI=1S/C30H42N6O6/c1-18(2)14-23(27(31)39)36-30(42)25(16-20-8-6-5-7-9-20)35-26(38)17-33-28(40)19(3)34-29(41)24(32-4)15-21-10-12-22(37)13-11-21/h5-13,18-19,23-25,32,37H,14-17H2,1-4H3,(H2,31,39)(H,33,40)(H,34,41)(H,35,38)(H,36,42)/t19-,23+,24+,25+/m1/s1. The quantitative estimate of drug-likeness (QED) is 0.144. The van der Waals surface area contributed by atoms with Crippen molar-refractivity contribution in [1.29, 1.82) is 0 Å². The summed E-state index contributed by atoms with van der Waals surface area (Å²) in [6.45, 7) is 4.84. The van der Waals surface area contributed by atoms with Crippen LogP contribution in [0.1, 0.15) is 38.3 Å². The largest absolute Gasteiger partial charge is 0.508 e. The van der Waals surface area contributed by atoms with Gasteiger partial charge in [0.1, 0.15) is 23.9 Å². The average Bonchev–Trinajstić information content (AvgIpc) is 2.94. The molecule has 4 atom stereocenters. The number of nitrogens with one attached hydrogen (secondary N) is 5. The summed E-state index contributed by atoms with van der Waals surface area (Å²) in [5.41, 5.74) is 7.07. The van der Waals surface area contributed by atoms with Crippen LogP contribution >= 0.6 is 0 Å². The smallest absolute Gasteiger partial charge is 0.243 e. The molecule has 0 aliphatic rings. The highest BCUT2D eigenvalue weighted by molar-refractivity contribution is 5.94. The normalized spacial score (nSPS) is 13.7. The number of nitrogens with two attached hydrogens (primary N) is 1. The van der Waals surface area contributed by atoms with Crippen molar-refractivity contribution in [3.63, 3.8) is 0 Å². The lowest BCUT2D eigenvalue weighted by Crippen LogP contribution is -2.56. The second-order valence-corrected chi connectivity index (χ2v) is 10.6. The van der Waals surface area contributed by atoms with Crippen LogP contribution in [0.5, 0.6) is 5.75 Å². The van der Waals surface area contributed by atoms with Crippen LogP contribution in [0.15, 0.2) is 54.6 Å². The van der Waals surface area contributed by atoms with Gasteiger partial charge in [-0.15, -0.1) is 0 Å². The van der Waals surface area contributed by atoms with E-state index in [1.54, 1.807) is 43.4 Å². The molecule has 0 saturated heterocycles. The second kappa shape index (κ2) is 16.7. The summed E-state index contributed by atoms with van der Waals surface area (Å²) in [5.74, 6) is -2.66. The predicted octanol–water partition coefficient (Wildman–Crippen LogP) is -0.113. The Morgan fingerprint density at radius 2 is 1.31 bits per heavy atom. The molecule has 0 radical (unpaired) electrons. The Bertz CT molecular complexity index is 1200. The molecule has 5 amide bonds. The fourth-order valence-electron chi connectivity index (χ4n) is 4.19. The number of carbonyl (C=O) groups is 5. The van der Waals surface area contributed by atoms with Crippen molar-refractivity contribution >= 4 is 29.5 Å². The van der Waals surface area contributed by atoms with Gasteiger partial charge >= 0.3 is 0 Å². The molecule has 0 heterocycles. The highest BCUT2D eigenvalue weighted by atomic mass is 16.3. The second-order valence-electron chi connectivity index (χ2n) is 10.6. The summed E-state index contributed by atoms with van der Waals surface area (Å²) < 4.78 is 0. The number of rotatable bonds is 16. The summed E-state index contributed by atoms with van der Waals surface area (Å²) in [6, 6.07) is 12.0. The number of hydrogen-bond donors (Lipinski definition) is 7. The van der Waals surface area contributed by atoms with Crippen molar-refractivity contribution in [3.8, 4) is 5.75 Å². The molecular formula is C30H42N6O6. The van der Waals surface area contributed by atoms with E-state index < -0.39 is 60.2 Å². The zero-order chi connectivity index (χ0) is 31.2. The Hall–Kier alpha value is -4.45. The first-order chi connectivity index (χ1) is 19.9. The topological polar surface area (TPSA) is 192 Å². The van der Waals surface area contributed by atoms with Gasteiger partial charge in [-0.25, -0.2) is 0 Å². The Balaban J connectivity index is 1.96. The van der Waals surface area contributed by atoms with Crippen LogP contribution in [0, 0.1) is 5.92 Å². The third kappa shape index (κ3) is 11.6. The van der Waals surface area contributed by atoms with Gasteiger partial charge in [0.15, 0.2) is 0 Å². The summed E-state index contributed by atoms with van der Waals surface area (Å²) in [6.07, 6.45) is 0.826. The number of primary amides is 1. The molecule has 0 fully saturated rings. The number of likely N-dealkylation sites (N-methyl/N-ethyl adjacent to an activating group) is 1. The molecule has 0 spiro atoms. The van der Waals surface area contributed by atoms with E-state index in [4.69, 9.17) is 5.73 Å². The van der Waals surface area contributed by atoms with Gasteiger partial charge in [-0.2, -0.15) is 0 Å². The third-order valence-electron chi connectivity index (χ3n) is 6.52. The molecular weight excluding hydrogens is 540 g/mol. The molecule has 2 rings (SSSR count). The Kier molecular flexibility index (Phi) is 13.4. The van der Waals surface area contributed by atoms with Crippen LogP contribution in [-0.2, 0) is 36.8 Å². The highest BCUT2D eigenvalue weighted by Gasteiger charge is 2.27. The van der Waals surface area contributed by atoms with Crippen LogP contribution in [0.4, 0.5) is 0 Å².